The lowest BCUT2D eigenvalue weighted by atomic mass is 10.1. The average molecular weight is 425 g/mol. The summed E-state index contributed by atoms with van der Waals surface area (Å²) in [6.07, 6.45) is 2.58. The Labute approximate surface area is 157 Å². The van der Waals surface area contributed by atoms with Crippen LogP contribution in [-0.4, -0.2) is 32.3 Å². The molecule has 0 fully saturated rings. The van der Waals surface area contributed by atoms with E-state index in [9.17, 15) is 9.90 Å². The van der Waals surface area contributed by atoms with Crippen LogP contribution in [-0.2, 0) is 6.42 Å². The van der Waals surface area contributed by atoms with Crippen LogP contribution < -0.4 is 4.84 Å². The van der Waals surface area contributed by atoms with Crippen molar-refractivity contribution in [2.24, 2.45) is 0 Å². The van der Waals surface area contributed by atoms with E-state index in [2.05, 4.69) is 25.9 Å². The van der Waals surface area contributed by atoms with Gasteiger partial charge < -0.3 is 14.9 Å². The highest BCUT2D eigenvalue weighted by atomic mass is 79.9. The lowest BCUT2D eigenvalue weighted by Gasteiger charge is -2.25. The Kier molecular flexibility index (Phi) is 5.15. The predicted molar refractivity (Wildman–Crippen MR) is 98.9 cm³/mol. The maximum Gasteiger partial charge on any atom is 0.441 e. The molecule has 2 heterocycles. The van der Waals surface area contributed by atoms with Gasteiger partial charge in [-0.1, -0.05) is 29.8 Å². The third kappa shape index (κ3) is 3.88. The molecule has 0 aliphatic heterocycles. The van der Waals surface area contributed by atoms with Crippen LogP contribution in [0.3, 0.4) is 0 Å². The van der Waals surface area contributed by atoms with Crippen LogP contribution in [0.4, 0.5) is 4.79 Å². The Bertz CT molecular complexity index is 915. The number of carbonyl (C=O) groups is 1. The summed E-state index contributed by atoms with van der Waals surface area (Å²) in [5.74, 6) is 0.282. The molecular weight excluding hydrogens is 410 g/mol. The minimum Gasteiger partial charge on any atom is -0.463 e. The van der Waals surface area contributed by atoms with Crippen molar-refractivity contribution >= 4 is 44.5 Å². The van der Waals surface area contributed by atoms with Crippen LogP contribution in [0.15, 0.2) is 47.2 Å². The van der Waals surface area contributed by atoms with Crippen molar-refractivity contribution in [1.82, 2.24) is 15.0 Å². The Morgan fingerprint density at radius 3 is 2.96 bits per heavy atom. The quantitative estimate of drug-likeness (QED) is 0.452. The van der Waals surface area contributed by atoms with Crippen molar-refractivity contribution in [2.45, 2.75) is 19.4 Å². The second-order valence-corrected chi connectivity index (χ2v) is 6.77. The summed E-state index contributed by atoms with van der Waals surface area (Å²) in [4.78, 5) is 24.3. The lowest BCUT2D eigenvalue weighted by Crippen LogP contribution is -2.41. The molecule has 130 valence electrons. The van der Waals surface area contributed by atoms with Crippen LogP contribution in [0.5, 0.6) is 5.75 Å². The molecule has 2 N–H and O–H groups in total. The number of fused-ring (bicyclic) bond motifs is 1. The molecule has 0 saturated carbocycles. The number of hydroxylamine groups is 2. The van der Waals surface area contributed by atoms with Gasteiger partial charge in [-0.15, -0.1) is 5.06 Å². The summed E-state index contributed by atoms with van der Waals surface area (Å²) >= 11 is 9.09. The van der Waals surface area contributed by atoms with Crippen molar-refractivity contribution in [3.63, 3.8) is 0 Å². The van der Waals surface area contributed by atoms with Crippen molar-refractivity contribution in [2.75, 3.05) is 0 Å². The number of aromatic nitrogens is 2. The molecule has 0 radical (unpaired) electrons. The molecule has 6 nitrogen and oxygen atoms in total. The van der Waals surface area contributed by atoms with Gasteiger partial charge in [0.25, 0.3) is 0 Å². The van der Waals surface area contributed by atoms with Crippen molar-refractivity contribution in [1.29, 1.82) is 0 Å². The molecule has 1 unspecified atom stereocenters. The van der Waals surface area contributed by atoms with Gasteiger partial charge in [0.15, 0.2) is 5.75 Å². The molecule has 8 heteroatoms. The third-order valence-electron chi connectivity index (χ3n) is 3.75. The Hall–Kier alpha value is -2.25. The van der Waals surface area contributed by atoms with Crippen LogP contribution >= 0.6 is 27.5 Å². The molecule has 1 amide bonds. The number of para-hydroxylation sites is 1. The molecule has 0 aliphatic rings. The second kappa shape index (κ2) is 7.33. The van der Waals surface area contributed by atoms with E-state index in [0.717, 1.165) is 21.5 Å². The van der Waals surface area contributed by atoms with E-state index < -0.39 is 12.1 Å². The van der Waals surface area contributed by atoms with Gasteiger partial charge >= 0.3 is 6.09 Å². The van der Waals surface area contributed by atoms with Crippen molar-refractivity contribution < 1.29 is 14.7 Å². The van der Waals surface area contributed by atoms with Crippen LogP contribution in [0.2, 0.25) is 5.15 Å². The van der Waals surface area contributed by atoms with E-state index in [-0.39, 0.29) is 10.9 Å². The van der Waals surface area contributed by atoms with Gasteiger partial charge in [-0.3, -0.25) is 0 Å². The van der Waals surface area contributed by atoms with E-state index in [4.69, 9.17) is 16.4 Å². The number of nitrogens with one attached hydrogen (secondary N) is 1. The summed E-state index contributed by atoms with van der Waals surface area (Å²) in [6.45, 7) is 1.79. The minimum atomic E-state index is -1.18. The number of benzene rings is 1. The normalized spacial score (nSPS) is 12.1. The number of nitrogens with zero attached hydrogens (tertiary/aromatic N) is 2. The van der Waals surface area contributed by atoms with E-state index >= 15 is 0 Å². The zero-order chi connectivity index (χ0) is 18.0. The van der Waals surface area contributed by atoms with Gasteiger partial charge in [-0.2, -0.15) is 0 Å². The molecule has 2 aromatic heterocycles. The summed E-state index contributed by atoms with van der Waals surface area (Å²) < 4.78 is 0.529. The Morgan fingerprint density at radius 2 is 2.24 bits per heavy atom. The fraction of sp³-hybridized carbons (Fsp3) is 0.176. The minimum absolute atomic E-state index is 0.279. The summed E-state index contributed by atoms with van der Waals surface area (Å²) in [7, 11) is 0. The molecule has 0 spiro atoms. The number of hydrogen-bond donors (Lipinski definition) is 2. The van der Waals surface area contributed by atoms with E-state index in [1.165, 1.54) is 6.20 Å². The predicted octanol–water partition coefficient (Wildman–Crippen LogP) is 4.88. The Balaban J connectivity index is 1.80. The zero-order valence-corrected chi connectivity index (χ0v) is 15.6. The van der Waals surface area contributed by atoms with Gasteiger partial charge in [0, 0.05) is 23.2 Å². The van der Waals surface area contributed by atoms with Gasteiger partial charge in [0.1, 0.15) is 5.15 Å². The fourth-order valence-corrected chi connectivity index (χ4v) is 3.02. The van der Waals surface area contributed by atoms with Gasteiger partial charge in [-0.25, -0.2) is 9.78 Å². The average Bonchev–Trinajstić information content (AvgIpc) is 2.98. The van der Waals surface area contributed by atoms with Crippen LogP contribution in [0, 0.1) is 0 Å². The Morgan fingerprint density at radius 1 is 1.48 bits per heavy atom. The van der Waals surface area contributed by atoms with E-state index in [0.29, 0.717) is 10.9 Å². The highest BCUT2D eigenvalue weighted by molar-refractivity contribution is 9.10. The molecule has 3 aromatic rings. The number of rotatable bonds is 5. The third-order valence-corrected chi connectivity index (χ3v) is 4.89. The van der Waals surface area contributed by atoms with Gasteiger partial charge in [0.2, 0.25) is 0 Å². The van der Waals surface area contributed by atoms with Crippen LogP contribution in [0.25, 0.3) is 10.9 Å². The maximum absolute atomic E-state index is 11.6. The topological polar surface area (TPSA) is 78.5 Å². The SMILES string of the molecule is CC(Cc1c[nH]c2ccccc12)N(Oc1cnc(Cl)c(Br)c1)C(=O)O. The smallest absolute Gasteiger partial charge is 0.441 e. The number of amides is 1. The number of H-pyrrole nitrogens is 1. The molecule has 25 heavy (non-hydrogen) atoms. The van der Waals surface area contributed by atoms with Crippen molar-refractivity contribution in [3.8, 4) is 5.75 Å². The first kappa shape index (κ1) is 17.6. The van der Waals surface area contributed by atoms with Gasteiger partial charge in [-0.05, 0) is 40.9 Å². The van der Waals surface area contributed by atoms with Gasteiger partial charge in [0.05, 0.1) is 16.7 Å². The highest BCUT2D eigenvalue weighted by Gasteiger charge is 2.23. The van der Waals surface area contributed by atoms with Crippen LogP contribution in [0.1, 0.15) is 12.5 Å². The number of carboxylic acid groups (broad SMARTS) is 1. The second-order valence-electron chi connectivity index (χ2n) is 5.56. The zero-order valence-electron chi connectivity index (χ0n) is 13.2. The summed E-state index contributed by atoms with van der Waals surface area (Å²) in [5, 5.41) is 11.8. The number of hydrogen-bond acceptors (Lipinski definition) is 3. The summed E-state index contributed by atoms with van der Waals surface area (Å²) in [5.41, 5.74) is 2.03. The molecule has 0 saturated heterocycles. The molecule has 0 aliphatic carbocycles. The first-order chi connectivity index (χ1) is 12.0. The molecular formula is C17H15BrClN3O3. The van der Waals surface area contributed by atoms with E-state index in [1.807, 2.05) is 30.5 Å². The first-order valence-corrected chi connectivity index (χ1v) is 8.69. The number of halogens is 2. The maximum atomic E-state index is 11.6. The number of aromatic amines is 1. The molecule has 1 aromatic carbocycles. The fourth-order valence-electron chi connectivity index (χ4n) is 2.59. The summed E-state index contributed by atoms with van der Waals surface area (Å²) in [6, 6.07) is 9.04. The first-order valence-electron chi connectivity index (χ1n) is 7.52. The molecule has 0 bridgehead atoms. The standard InChI is InChI=1S/C17H15BrClN3O3/c1-10(6-11-8-20-15-5-3-2-4-13(11)15)22(17(23)24)25-12-7-14(18)16(19)21-9-12/h2-5,7-10,20H,6H2,1H3,(H,23,24). The monoisotopic (exact) mass is 423 g/mol. The molecule has 3 rings (SSSR count). The lowest BCUT2D eigenvalue weighted by molar-refractivity contribution is -0.0637. The highest BCUT2D eigenvalue weighted by Crippen LogP contribution is 2.26. The number of pyridine rings is 1. The molecule has 1 atom stereocenters. The largest absolute Gasteiger partial charge is 0.463 e. The van der Waals surface area contributed by atoms with E-state index in [1.54, 1.807) is 13.0 Å². The van der Waals surface area contributed by atoms with Crippen molar-refractivity contribution in [3.05, 3.63) is 57.9 Å².